The van der Waals surface area contributed by atoms with Crippen molar-refractivity contribution in [2.75, 3.05) is 13.1 Å². The van der Waals surface area contributed by atoms with E-state index in [1.54, 1.807) is 0 Å². The molecule has 2 aliphatic rings. The zero-order valence-electron chi connectivity index (χ0n) is 14.7. The van der Waals surface area contributed by atoms with Crippen molar-refractivity contribution in [2.45, 2.75) is 57.4 Å². The number of nitrogens with two attached hydrogens (primary N) is 1. The molecule has 2 atom stereocenters. The average Bonchev–Trinajstić information content (AvgIpc) is 2.62. The van der Waals surface area contributed by atoms with Crippen LogP contribution in [0.1, 0.15) is 56.9 Å². The average molecular weight is 351 g/mol. The highest BCUT2D eigenvalue weighted by Gasteiger charge is 2.35. The summed E-state index contributed by atoms with van der Waals surface area (Å²) in [6.07, 6.45) is 6.53. The first-order valence-corrected chi connectivity index (χ1v) is 9.24. The van der Waals surface area contributed by atoms with Crippen molar-refractivity contribution < 1.29 is 4.79 Å². The highest BCUT2D eigenvalue weighted by molar-refractivity contribution is 5.85. The van der Waals surface area contributed by atoms with Crippen molar-refractivity contribution >= 4 is 18.3 Å². The van der Waals surface area contributed by atoms with Crippen LogP contribution in [0.25, 0.3) is 0 Å². The van der Waals surface area contributed by atoms with Gasteiger partial charge in [-0.1, -0.05) is 37.3 Å². The number of nitrogens with zero attached hydrogens (tertiary/aromatic N) is 1. The molecule has 0 bridgehead atoms. The van der Waals surface area contributed by atoms with Crippen molar-refractivity contribution in [1.82, 2.24) is 4.90 Å². The minimum absolute atomic E-state index is 0. The largest absolute Gasteiger partial charge is 0.338 e. The third-order valence-electron chi connectivity index (χ3n) is 5.88. The Morgan fingerprint density at radius 2 is 1.79 bits per heavy atom. The number of piperidine rings is 1. The van der Waals surface area contributed by atoms with E-state index in [1.807, 2.05) is 0 Å². The topological polar surface area (TPSA) is 46.3 Å². The summed E-state index contributed by atoms with van der Waals surface area (Å²) in [5.74, 6) is 1.92. The van der Waals surface area contributed by atoms with Gasteiger partial charge in [-0.25, -0.2) is 0 Å². The first-order valence-electron chi connectivity index (χ1n) is 9.24. The molecule has 2 N–H and O–H groups in total. The van der Waals surface area contributed by atoms with Gasteiger partial charge in [-0.15, -0.1) is 12.4 Å². The summed E-state index contributed by atoms with van der Waals surface area (Å²) >= 11 is 0. The second-order valence-corrected chi connectivity index (χ2v) is 7.51. The van der Waals surface area contributed by atoms with Gasteiger partial charge < -0.3 is 10.6 Å². The molecule has 0 aromatic heterocycles. The van der Waals surface area contributed by atoms with Gasteiger partial charge in [0, 0.05) is 25.0 Å². The molecule has 1 aliphatic carbocycles. The molecule has 1 aromatic carbocycles. The Balaban J connectivity index is 0.00000208. The summed E-state index contributed by atoms with van der Waals surface area (Å²) in [5.41, 5.74) is 7.36. The van der Waals surface area contributed by atoms with Crippen LogP contribution in [-0.2, 0) is 4.79 Å². The third kappa shape index (κ3) is 4.31. The van der Waals surface area contributed by atoms with E-state index < -0.39 is 0 Å². The van der Waals surface area contributed by atoms with Gasteiger partial charge in [0.25, 0.3) is 0 Å². The standard InChI is InChI=1S/C20H30N2O.ClH/c1-15-11-12-22(19(13-15)14-21)20(23)18-9-7-17(8-10-18)16-5-3-2-4-6-16;/h2-6,15,17-19H,7-14,21H2,1H3;1H. The van der Waals surface area contributed by atoms with Crippen molar-refractivity contribution in [3.8, 4) is 0 Å². The number of rotatable bonds is 3. The Morgan fingerprint density at radius 1 is 1.12 bits per heavy atom. The van der Waals surface area contributed by atoms with Crippen molar-refractivity contribution in [3.63, 3.8) is 0 Å². The van der Waals surface area contributed by atoms with Crippen molar-refractivity contribution in [3.05, 3.63) is 35.9 Å². The Kier molecular flexibility index (Phi) is 7.12. The molecule has 4 heteroatoms. The predicted octanol–water partition coefficient (Wildman–Crippen LogP) is 3.97. The van der Waals surface area contributed by atoms with E-state index in [0.717, 1.165) is 45.1 Å². The number of halogens is 1. The Bertz CT molecular complexity index is 514. The van der Waals surface area contributed by atoms with Gasteiger partial charge in [0.2, 0.25) is 5.91 Å². The van der Waals surface area contributed by atoms with E-state index in [0.29, 0.717) is 24.3 Å². The van der Waals surface area contributed by atoms with Gasteiger partial charge in [-0.05, 0) is 55.9 Å². The Morgan fingerprint density at radius 3 is 2.42 bits per heavy atom. The number of carbonyl (C=O) groups is 1. The van der Waals surface area contributed by atoms with Gasteiger partial charge in [0.05, 0.1) is 0 Å². The highest BCUT2D eigenvalue weighted by Crippen LogP contribution is 2.37. The lowest BCUT2D eigenvalue weighted by atomic mass is 9.77. The molecule has 3 nitrogen and oxygen atoms in total. The molecule has 1 saturated heterocycles. The van der Waals surface area contributed by atoms with Gasteiger partial charge in [0.15, 0.2) is 0 Å². The first kappa shape index (κ1) is 19.3. The maximum atomic E-state index is 12.9. The quantitative estimate of drug-likeness (QED) is 0.896. The van der Waals surface area contributed by atoms with Crippen molar-refractivity contribution in [2.24, 2.45) is 17.6 Å². The number of amides is 1. The van der Waals surface area contributed by atoms with Crippen LogP contribution in [0.4, 0.5) is 0 Å². The molecule has 0 spiro atoms. The van der Waals surface area contributed by atoms with Gasteiger partial charge >= 0.3 is 0 Å². The maximum Gasteiger partial charge on any atom is 0.225 e. The number of hydrogen-bond acceptors (Lipinski definition) is 2. The van der Waals surface area contributed by atoms with E-state index in [4.69, 9.17) is 5.73 Å². The number of hydrogen-bond donors (Lipinski definition) is 1. The number of benzene rings is 1. The van der Waals surface area contributed by atoms with E-state index in [-0.39, 0.29) is 24.4 Å². The monoisotopic (exact) mass is 350 g/mol. The van der Waals surface area contributed by atoms with Crippen LogP contribution in [0.2, 0.25) is 0 Å². The SMILES string of the molecule is CC1CCN(C(=O)C2CCC(c3ccccc3)CC2)C(CN)C1.Cl. The van der Waals surface area contributed by atoms with Crippen LogP contribution in [0.15, 0.2) is 30.3 Å². The van der Waals surface area contributed by atoms with Crippen LogP contribution in [-0.4, -0.2) is 29.9 Å². The molecule has 1 aliphatic heterocycles. The second-order valence-electron chi connectivity index (χ2n) is 7.51. The summed E-state index contributed by atoms with van der Waals surface area (Å²) in [6, 6.07) is 11.0. The molecule has 0 radical (unpaired) electrons. The lowest BCUT2D eigenvalue weighted by molar-refractivity contribution is -0.140. The molecular formula is C20H31ClN2O. The first-order chi connectivity index (χ1) is 11.2. The van der Waals surface area contributed by atoms with Crippen LogP contribution in [0.3, 0.4) is 0 Å². The maximum absolute atomic E-state index is 12.9. The molecule has 1 heterocycles. The minimum atomic E-state index is 0. The normalized spacial score (nSPS) is 30.5. The Hall–Kier alpha value is -1.06. The zero-order chi connectivity index (χ0) is 16.2. The molecular weight excluding hydrogens is 320 g/mol. The predicted molar refractivity (Wildman–Crippen MR) is 101 cm³/mol. The van der Waals surface area contributed by atoms with Crippen molar-refractivity contribution in [1.29, 1.82) is 0 Å². The summed E-state index contributed by atoms with van der Waals surface area (Å²) in [7, 11) is 0. The number of carbonyl (C=O) groups excluding carboxylic acids is 1. The van der Waals surface area contributed by atoms with E-state index in [1.165, 1.54) is 5.56 Å². The van der Waals surface area contributed by atoms with Crippen LogP contribution >= 0.6 is 12.4 Å². The fourth-order valence-corrected chi connectivity index (χ4v) is 4.40. The van der Waals surface area contributed by atoms with Gasteiger partial charge in [0.1, 0.15) is 0 Å². The minimum Gasteiger partial charge on any atom is -0.338 e. The third-order valence-corrected chi connectivity index (χ3v) is 5.88. The summed E-state index contributed by atoms with van der Waals surface area (Å²) in [6.45, 7) is 3.78. The summed E-state index contributed by atoms with van der Waals surface area (Å²) < 4.78 is 0. The van der Waals surface area contributed by atoms with Gasteiger partial charge in [-0.3, -0.25) is 4.79 Å². The molecule has 1 saturated carbocycles. The molecule has 3 rings (SSSR count). The lowest BCUT2D eigenvalue weighted by Gasteiger charge is -2.41. The highest BCUT2D eigenvalue weighted by atomic mass is 35.5. The molecule has 2 unspecified atom stereocenters. The van der Waals surface area contributed by atoms with E-state index >= 15 is 0 Å². The summed E-state index contributed by atoms with van der Waals surface area (Å²) in [4.78, 5) is 15.0. The second kappa shape index (κ2) is 8.87. The number of likely N-dealkylation sites (tertiary alicyclic amines) is 1. The van der Waals surface area contributed by atoms with Crippen LogP contribution < -0.4 is 5.73 Å². The fraction of sp³-hybridized carbons (Fsp3) is 0.650. The molecule has 1 aromatic rings. The lowest BCUT2D eigenvalue weighted by Crippen LogP contribution is -2.51. The fourth-order valence-electron chi connectivity index (χ4n) is 4.40. The smallest absolute Gasteiger partial charge is 0.225 e. The van der Waals surface area contributed by atoms with Crippen LogP contribution in [0, 0.1) is 11.8 Å². The molecule has 2 fully saturated rings. The molecule has 1 amide bonds. The molecule has 134 valence electrons. The summed E-state index contributed by atoms with van der Waals surface area (Å²) in [5, 5.41) is 0. The zero-order valence-corrected chi connectivity index (χ0v) is 15.5. The molecule has 24 heavy (non-hydrogen) atoms. The van der Waals surface area contributed by atoms with Gasteiger partial charge in [-0.2, -0.15) is 0 Å². The van der Waals surface area contributed by atoms with Crippen LogP contribution in [0.5, 0.6) is 0 Å². The van der Waals surface area contributed by atoms with E-state index in [2.05, 4.69) is 42.2 Å². The Labute approximate surface area is 152 Å². The van der Waals surface area contributed by atoms with E-state index in [9.17, 15) is 4.79 Å².